The van der Waals surface area contributed by atoms with Gasteiger partial charge < -0.3 is 17.2 Å². The van der Waals surface area contributed by atoms with E-state index in [4.69, 9.17) is 17.2 Å². The molecule has 21 heavy (non-hydrogen) atoms. The highest BCUT2D eigenvalue weighted by Gasteiger charge is 1.94. The van der Waals surface area contributed by atoms with E-state index in [0.29, 0.717) is 0 Å². The SMILES string of the molecule is Nc1nc(N)nc(N)n1.c1ccc(-c2ccccc2)cc1. The lowest BCUT2D eigenvalue weighted by molar-refractivity contribution is 1.09. The second-order valence-corrected chi connectivity index (χ2v) is 4.14. The average molecular weight is 280 g/mol. The van der Waals surface area contributed by atoms with Crippen LogP contribution in [0.25, 0.3) is 11.1 Å². The second-order valence-electron chi connectivity index (χ2n) is 4.14. The summed E-state index contributed by atoms with van der Waals surface area (Å²) in [5.74, 6) is 0.125. The van der Waals surface area contributed by atoms with Gasteiger partial charge in [0.05, 0.1) is 0 Å². The van der Waals surface area contributed by atoms with Crippen molar-refractivity contribution in [3.63, 3.8) is 0 Å². The Labute approximate surface area is 122 Å². The van der Waals surface area contributed by atoms with Gasteiger partial charge in [-0.05, 0) is 11.1 Å². The monoisotopic (exact) mass is 280 g/mol. The molecule has 0 fully saturated rings. The van der Waals surface area contributed by atoms with Crippen molar-refractivity contribution in [2.24, 2.45) is 0 Å². The number of nitrogen functional groups attached to an aromatic ring is 3. The van der Waals surface area contributed by atoms with Gasteiger partial charge in [-0.25, -0.2) is 0 Å². The molecule has 2 aromatic carbocycles. The zero-order valence-electron chi connectivity index (χ0n) is 11.3. The van der Waals surface area contributed by atoms with E-state index in [-0.39, 0.29) is 17.8 Å². The third kappa shape index (κ3) is 4.46. The van der Waals surface area contributed by atoms with Crippen molar-refractivity contribution in [1.29, 1.82) is 0 Å². The fourth-order valence-electron chi connectivity index (χ4n) is 1.69. The number of rotatable bonds is 1. The Morgan fingerprint density at radius 3 is 1.05 bits per heavy atom. The zero-order chi connectivity index (χ0) is 15.1. The maximum atomic E-state index is 5.14. The molecule has 6 N–H and O–H groups in total. The number of nitrogens with zero attached hydrogens (tertiary/aromatic N) is 3. The summed E-state index contributed by atoms with van der Waals surface area (Å²) < 4.78 is 0. The molecule has 3 rings (SSSR count). The second kappa shape index (κ2) is 6.85. The summed E-state index contributed by atoms with van der Waals surface area (Å²) in [6.07, 6.45) is 0. The average Bonchev–Trinajstić information content (AvgIpc) is 2.48. The minimum Gasteiger partial charge on any atom is -0.368 e. The normalized spacial score (nSPS) is 9.52. The molecule has 0 atom stereocenters. The van der Waals surface area contributed by atoms with Gasteiger partial charge >= 0.3 is 0 Å². The molecule has 0 saturated carbocycles. The van der Waals surface area contributed by atoms with Gasteiger partial charge in [0.25, 0.3) is 0 Å². The summed E-state index contributed by atoms with van der Waals surface area (Å²) in [7, 11) is 0. The zero-order valence-corrected chi connectivity index (χ0v) is 11.3. The summed E-state index contributed by atoms with van der Waals surface area (Å²) in [6.45, 7) is 0. The van der Waals surface area contributed by atoms with Gasteiger partial charge in [0, 0.05) is 0 Å². The molecule has 3 aromatic rings. The van der Waals surface area contributed by atoms with Gasteiger partial charge in [0.1, 0.15) is 0 Å². The number of anilines is 3. The number of benzene rings is 2. The van der Waals surface area contributed by atoms with Crippen LogP contribution >= 0.6 is 0 Å². The summed E-state index contributed by atoms with van der Waals surface area (Å²) in [6, 6.07) is 20.8. The van der Waals surface area contributed by atoms with Crippen LogP contribution in [-0.4, -0.2) is 15.0 Å². The largest absolute Gasteiger partial charge is 0.368 e. The number of aromatic nitrogens is 3. The summed E-state index contributed by atoms with van der Waals surface area (Å²) >= 11 is 0. The van der Waals surface area contributed by atoms with Gasteiger partial charge in [-0.15, -0.1) is 0 Å². The molecule has 6 nitrogen and oxygen atoms in total. The van der Waals surface area contributed by atoms with Crippen LogP contribution in [0.1, 0.15) is 0 Å². The molecule has 0 aliphatic carbocycles. The lowest BCUT2D eigenvalue weighted by Crippen LogP contribution is -2.05. The minimum atomic E-state index is 0.0417. The number of nitrogens with two attached hydrogens (primary N) is 3. The van der Waals surface area contributed by atoms with Gasteiger partial charge in [0.15, 0.2) is 0 Å². The molecule has 1 heterocycles. The topological polar surface area (TPSA) is 117 Å². The summed E-state index contributed by atoms with van der Waals surface area (Å²) in [5, 5.41) is 0. The van der Waals surface area contributed by atoms with E-state index in [1.165, 1.54) is 11.1 Å². The first kappa shape index (κ1) is 14.3. The fraction of sp³-hybridized carbons (Fsp3) is 0. The van der Waals surface area contributed by atoms with Crippen molar-refractivity contribution < 1.29 is 0 Å². The first-order chi connectivity index (χ1) is 10.1. The molecular weight excluding hydrogens is 264 g/mol. The van der Waals surface area contributed by atoms with Crippen LogP contribution in [0, 0.1) is 0 Å². The van der Waals surface area contributed by atoms with Crippen LogP contribution in [0.2, 0.25) is 0 Å². The third-order valence-corrected chi connectivity index (χ3v) is 2.57. The fourth-order valence-corrected chi connectivity index (χ4v) is 1.69. The predicted molar refractivity (Wildman–Crippen MR) is 84.9 cm³/mol. The molecule has 0 amide bonds. The van der Waals surface area contributed by atoms with Crippen molar-refractivity contribution in [1.82, 2.24) is 15.0 Å². The van der Waals surface area contributed by atoms with Crippen molar-refractivity contribution >= 4 is 17.8 Å². The highest BCUT2D eigenvalue weighted by molar-refractivity contribution is 5.62. The van der Waals surface area contributed by atoms with Gasteiger partial charge in [0.2, 0.25) is 17.8 Å². The van der Waals surface area contributed by atoms with E-state index in [2.05, 4.69) is 63.5 Å². The van der Waals surface area contributed by atoms with Crippen molar-refractivity contribution in [3.8, 4) is 11.1 Å². The van der Waals surface area contributed by atoms with Crippen LogP contribution in [0.4, 0.5) is 17.8 Å². The van der Waals surface area contributed by atoms with Crippen molar-refractivity contribution in [2.45, 2.75) is 0 Å². The van der Waals surface area contributed by atoms with Crippen molar-refractivity contribution in [2.75, 3.05) is 17.2 Å². The lowest BCUT2D eigenvalue weighted by atomic mass is 10.1. The number of hydrogen-bond acceptors (Lipinski definition) is 6. The molecule has 1 aromatic heterocycles. The molecule has 6 heteroatoms. The molecular formula is C15H16N6. The third-order valence-electron chi connectivity index (χ3n) is 2.57. The number of hydrogen-bond donors (Lipinski definition) is 3. The minimum absolute atomic E-state index is 0.0417. The molecule has 0 bridgehead atoms. The molecule has 106 valence electrons. The summed E-state index contributed by atoms with van der Waals surface area (Å²) in [5.41, 5.74) is 18.0. The van der Waals surface area contributed by atoms with Crippen LogP contribution in [0.5, 0.6) is 0 Å². The first-order valence-corrected chi connectivity index (χ1v) is 6.28. The summed E-state index contributed by atoms with van der Waals surface area (Å²) in [4.78, 5) is 10.5. The highest BCUT2D eigenvalue weighted by atomic mass is 15.2. The Morgan fingerprint density at radius 1 is 0.476 bits per heavy atom. The van der Waals surface area contributed by atoms with E-state index >= 15 is 0 Å². The molecule has 0 unspecified atom stereocenters. The smallest absolute Gasteiger partial charge is 0.226 e. The maximum absolute atomic E-state index is 5.14. The van der Waals surface area contributed by atoms with Crippen molar-refractivity contribution in [3.05, 3.63) is 60.7 Å². The Kier molecular flexibility index (Phi) is 4.66. The molecule has 0 aliphatic rings. The Balaban J connectivity index is 0.000000161. The van der Waals surface area contributed by atoms with Crippen LogP contribution in [0.3, 0.4) is 0 Å². The lowest BCUT2D eigenvalue weighted by Gasteiger charge is -1.98. The van der Waals surface area contributed by atoms with E-state index in [1.54, 1.807) is 0 Å². The molecule has 0 saturated heterocycles. The van der Waals surface area contributed by atoms with Crippen LogP contribution < -0.4 is 17.2 Å². The highest BCUT2D eigenvalue weighted by Crippen LogP contribution is 2.17. The van der Waals surface area contributed by atoms with E-state index < -0.39 is 0 Å². The Hall–Kier alpha value is -3.15. The quantitative estimate of drug-likeness (QED) is 0.627. The molecule has 0 radical (unpaired) electrons. The maximum Gasteiger partial charge on any atom is 0.226 e. The van der Waals surface area contributed by atoms with Crippen LogP contribution in [-0.2, 0) is 0 Å². The first-order valence-electron chi connectivity index (χ1n) is 6.28. The van der Waals surface area contributed by atoms with E-state index in [0.717, 1.165) is 0 Å². The van der Waals surface area contributed by atoms with Gasteiger partial charge in [-0.1, -0.05) is 60.7 Å². The standard InChI is InChI=1S/C12H10.C3H6N6/c1-3-7-11(8-4-1)12-9-5-2-6-10-12;4-1-7-2(5)9-3(6)8-1/h1-10H;(H6,4,5,6,7,8,9). The van der Waals surface area contributed by atoms with Crippen LogP contribution in [0.15, 0.2) is 60.7 Å². The van der Waals surface area contributed by atoms with E-state index in [1.807, 2.05) is 12.1 Å². The Morgan fingerprint density at radius 2 is 0.762 bits per heavy atom. The van der Waals surface area contributed by atoms with E-state index in [9.17, 15) is 0 Å². The van der Waals surface area contributed by atoms with Gasteiger partial charge in [-0.2, -0.15) is 15.0 Å². The molecule has 0 aliphatic heterocycles. The molecule has 0 spiro atoms. The predicted octanol–water partition coefficient (Wildman–Crippen LogP) is 1.97. The van der Waals surface area contributed by atoms with Gasteiger partial charge in [-0.3, -0.25) is 0 Å². The Bertz CT molecular complexity index is 597.